The van der Waals surface area contributed by atoms with Crippen LogP contribution in [0.5, 0.6) is 11.5 Å². The van der Waals surface area contributed by atoms with Crippen LogP contribution in [0.3, 0.4) is 0 Å². The molecule has 0 saturated heterocycles. The number of phenolic OH excluding ortho intramolecular Hbond substituents is 2. The first-order valence-electron chi connectivity index (χ1n) is 7.29. The summed E-state index contributed by atoms with van der Waals surface area (Å²) in [4.78, 5) is 12.7. The van der Waals surface area contributed by atoms with E-state index < -0.39 is 5.54 Å². The van der Waals surface area contributed by atoms with E-state index in [-0.39, 0.29) is 23.2 Å². The van der Waals surface area contributed by atoms with Crippen molar-refractivity contribution in [3.63, 3.8) is 0 Å². The van der Waals surface area contributed by atoms with Gasteiger partial charge in [-0.3, -0.25) is 4.79 Å². The first kappa shape index (κ1) is 14.9. The van der Waals surface area contributed by atoms with Crippen LogP contribution in [0.2, 0.25) is 0 Å². The Kier molecular flexibility index (Phi) is 4.04. The number of fused-ring (bicyclic) bond motifs is 1. The molecule has 0 fully saturated rings. The zero-order valence-electron chi connectivity index (χ0n) is 12.1. The maximum absolute atomic E-state index is 12.7. The van der Waals surface area contributed by atoms with Crippen molar-refractivity contribution in [2.24, 2.45) is 11.7 Å². The van der Waals surface area contributed by atoms with Crippen LogP contribution < -0.4 is 5.73 Å². The lowest BCUT2D eigenvalue weighted by atomic mass is 9.69. The van der Waals surface area contributed by atoms with E-state index >= 15 is 0 Å². The smallest absolute Gasteiger partial charge is 0.183 e. The molecule has 0 spiro atoms. The third-order valence-corrected chi connectivity index (χ3v) is 4.59. The summed E-state index contributed by atoms with van der Waals surface area (Å²) in [6, 6.07) is 2.93. The lowest BCUT2D eigenvalue weighted by Gasteiger charge is -2.38. The minimum absolute atomic E-state index is 0.110. The molecule has 0 saturated carbocycles. The van der Waals surface area contributed by atoms with Gasteiger partial charge in [0.2, 0.25) is 0 Å². The standard InChI is InChI=1S/C16H23NO3/c1-3-4-5-10(2)16(17)9-8-11-12(15(16)20)6-7-13(18)14(11)19/h6-7,10,18-19H,3-5,8-9,17H2,1-2H3. The molecule has 0 bridgehead atoms. The third kappa shape index (κ3) is 2.29. The summed E-state index contributed by atoms with van der Waals surface area (Å²) in [6.45, 7) is 4.15. The normalized spacial score (nSPS) is 23.4. The summed E-state index contributed by atoms with van der Waals surface area (Å²) in [5.41, 5.74) is 6.52. The Morgan fingerprint density at radius 2 is 2.10 bits per heavy atom. The predicted molar refractivity (Wildman–Crippen MR) is 78.0 cm³/mol. The molecular formula is C16H23NO3. The van der Waals surface area contributed by atoms with Crippen molar-refractivity contribution in [1.29, 1.82) is 0 Å². The minimum Gasteiger partial charge on any atom is -0.504 e. The molecule has 2 unspecified atom stereocenters. The maximum atomic E-state index is 12.7. The van der Waals surface area contributed by atoms with Gasteiger partial charge in [0.15, 0.2) is 17.3 Å². The Morgan fingerprint density at radius 1 is 1.40 bits per heavy atom. The first-order chi connectivity index (χ1) is 9.41. The quantitative estimate of drug-likeness (QED) is 0.739. The molecule has 4 nitrogen and oxygen atoms in total. The van der Waals surface area contributed by atoms with Gasteiger partial charge >= 0.3 is 0 Å². The van der Waals surface area contributed by atoms with Crippen molar-refractivity contribution < 1.29 is 15.0 Å². The number of Topliss-reactive ketones (excluding diaryl/α,β-unsaturated/α-hetero) is 1. The molecule has 4 heteroatoms. The highest BCUT2D eigenvalue weighted by atomic mass is 16.3. The van der Waals surface area contributed by atoms with Gasteiger partial charge in [0.1, 0.15) is 0 Å². The lowest BCUT2D eigenvalue weighted by Crippen LogP contribution is -2.55. The monoisotopic (exact) mass is 277 g/mol. The van der Waals surface area contributed by atoms with E-state index in [1.807, 2.05) is 6.92 Å². The van der Waals surface area contributed by atoms with E-state index in [0.717, 1.165) is 19.3 Å². The van der Waals surface area contributed by atoms with Crippen LogP contribution in [0.4, 0.5) is 0 Å². The molecule has 0 aliphatic heterocycles. The zero-order valence-corrected chi connectivity index (χ0v) is 12.1. The summed E-state index contributed by atoms with van der Waals surface area (Å²) in [6.07, 6.45) is 4.11. The molecule has 2 rings (SSSR count). The Labute approximate surface area is 119 Å². The molecule has 1 aromatic rings. The number of carbonyl (C=O) groups excluding carboxylic acids is 1. The lowest BCUT2D eigenvalue weighted by molar-refractivity contribution is 0.0795. The summed E-state index contributed by atoms with van der Waals surface area (Å²) < 4.78 is 0. The van der Waals surface area contributed by atoms with Crippen molar-refractivity contribution >= 4 is 5.78 Å². The van der Waals surface area contributed by atoms with Gasteiger partial charge in [0, 0.05) is 11.1 Å². The topological polar surface area (TPSA) is 83.6 Å². The molecule has 0 radical (unpaired) electrons. The second-order valence-corrected chi connectivity index (χ2v) is 5.87. The second kappa shape index (κ2) is 5.44. The van der Waals surface area contributed by atoms with Crippen molar-refractivity contribution in [3.8, 4) is 11.5 Å². The van der Waals surface area contributed by atoms with Crippen LogP contribution in [0.15, 0.2) is 12.1 Å². The highest BCUT2D eigenvalue weighted by molar-refractivity contribution is 6.06. The fraction of sp³-hybridized carbons (Fsp3) is 0.562. The van der Waals surface area contributed by atoms with Crippen LogP contribution >= 0.6 is 0 Å². The Bertz CT molecular complexity index is 527. The first-order valence-corrected chi connectivity index (χ1v) is 7.29. The van der Waals surface area contributed by atoms with Gasteiger partial charge in [-0.25, -0.2) is 0 Å². The summed E-state index contributed by atoms with van der Waals surface area (Å²) in [7, 11) is 0. The van der Waals surface area contributed by atoms with Crippen LogP contribution in [0.25, 0.3) is 0 Å². The number of unbranched alkanes of at least 4 members (excludes halogenated alkanes) is 1. The molecule has 2 atom stereocenters. The zero-order chi connectivity index (χ0) is 14.9. The van der Waals surface area contributed by atoms with Crippen LogP contribution in [0.1, 0.15) is 55.5 Å². The molecule has 110 valence electrons. The van der Waals surface area contributed by atoms with Gasteiger partial charge in [-0.15, -0.1) is 0 Å². The van der Waals surface area contributed by atoms with Gasteiger partial charge in [-0.05, 0) is 37.3 Å². The third-order valence-electron chi connectivity index (χ3n) is 4.59. The molecule has 1 aliphatic carbocycles. The number of nitrogens with two attached hydrogens (primary N) is 1. The van der Waals surface area contributed by atoms with Gasteiger partial charge in [0.25, 0.3) is 0 Å². The second-order valence-electron chi connectivity index (χ2n) is 5.87. The number of rotatable bonds is 4. The minimum atomic E-state index is -0.856. The SMILES string of the molecule is CCCCC(C)C1(N)CCc2c(ccc(O)c2O)C1=O. The number of phenols is 2. The fourth-order valence-corrected chi connectivity index (χ4v) is 3.02. The molecule has 4 N–H and O–H groups in total. The van der Waals surface area contributed by atoms with Crippen LogP contribution in [-0.2, 0) is 6.42 Å². The molecule has 0 heterocycles. The number of carbonyl (C=O) groups is 1. The summed E-state index contributed by atoms with van der Waals surface area (Å²) in [5, 5.41) is 19.4. The number of hydrogen-bond acceptors (Lipinski definition) is 4. The Morgan fingerprint density at radius 3 is 2.75 bits per heavy atom. The van der Waals surface area contributed by atoms with E-state index in [1.54, 1.807) is 6.07 Å². The number of hydrogen-bond donors (Lipinski definition) is 3. The Hall–Kier alpha value is -1.55. The van der Waals surface area contributed by atoms with Gasteiger partial charge in [-0.1, -0.05) is 26.7 Å². The van der Waals surface area contributed by atoms with E-state index in [0.29, 0.717) is 24.0 Å². The maximum Gasteiger partial charge on any atom is 0.183 e. The largest absolute Gasteiger partial charge is 0.504 e. The summed E-state index contributed by atoms with van der Waals surface area (Å²) in [5.74, 6) is -0.365. The number of aromatic hydroxyl groups is 2. The Balaban J connectivity index is 2.34. The average molecular weight is 277 g/mol. The number of benzene rings is 1. The van der Waals surface area contributed by atoms with E-state index in [1.165, 1.54) is 6.07 Å². The highest BCUT2D eigenvalue weighted by Gasteiger charge is 2.43. The molecular weight excluding hydrogens is 254 g/mol. The van der Waals surface area contributed by atoms with E-state index in [9.17, 15) is 15.0 Å². The number of ketones is 1. The molecule has 1 aliphatic rings. The van der Waals surface area contributed by atoms with E-state index in [4.69, 9.17) is 5.73 Å². The van der Waals surface area contributed by atoms with Gasteiger partial charge in [0.05, 0.1) is 5.54 Å². The molecule has 0 amide bonds. The van der Waals surface area contributed by atoms with E-state index in [2.05, 4.69) is 6.92 Å². The van der Waals surface area contributed by atoms with Gasteiger partial charge in [-0.2, -0.15) is 0 Å². The highest BCUT2D eigenvalue weighted by Crippen LogP contribution is 2.40. The predicted octanol–water partition coefficient (Wildman–Crippen LogP) is 2.75. The molecule has 0 aromatic heterocycles. The van der Waals surface area contributed by atoms with Crippen molar-refractivity contribution in [1.82, 2.24) is 0 Å². The van der Waals surface area contributed by atoms with Gasteiger partial charge < -0.3 is 15.9 Å². The molecule has 20 heavy (non-hydrogen) atoms. The van der Waals surface area contributed by atoms with Crippen LogP contribution in [-0.4, -0.2) is 21.5 Å². The molecule has 1 aromatic carbocycles. The van der Waals surface area contributed by atoms with Crippen LogP contribution in [0, 0.1) is 5.92 Å². The fourth-order valence-electron chi connectivity index (χ4n) is 3.02. The average Bonchev–Trinajstić information content (AvgIpc) is 2.44. The van der Waals surface area contributed by atoms with Crippen molar-refractivity contribution in [2.45, 2.75) is 51.5 Å². The van der Waals surface area contributed by atoms with Crippen molar-refractivity contribution in [3.05, 3.63) is 23.3 Å². The summed E-state index contributed by atoms with van der Waals surface area (Å²) >= 11 is 0. The van der Waals surface area contributed by atoms with Crippen molar-refractivity contribution in [2.75, 3.05) is 0 Å².